The number of aromatic amines is 1. The van der Waals surface area contributed by atoms with Gasteiger partial charge in [0.1, 0.15) is 12.9 Å². The number of piperazine rings is 1. The Bertz CT molecular complexity index is 1070. The third kappa shape index (κ3) is 4.04. The number of amides is 1. The van der Waals surface area contributed by atoms with Crippen molar-refractivity contribution in [1.82, 2.24) is 39.1 Å². The Kier molecular flexibility index (Phi) is 5.49. The predicted octanol–water partition coefficient (Wildman–Crippen LogP) is 0.716. The molecular weight excluding hydrogens is 384 g/mol. The van der Waals surface area contributed by atoms with Gasteiger partial charge in [0.15, 0.2) is 0 Å². The van der Waals surface area contributed by atoms with E-state index in [-0.39, 0.29) is 23.9 Å². The summed E-state index contributed by atoms with van der Waals surface area (Å²) < 4.78 is 3.26. The molecule has 3 aromatic rings. The molecule has 0 spiro atoms. The van der Waals surface area contributed by atoms with Crippen LogP contribution in [0.25, 0.3) is 17.2 Å². The first kappa shape index (κ1) is 20.0. The zero-order chi connectivity index (χ0) is 21.3. The van der Waals surface area contributed by atoms with E-state index in [2.05, 4.69) is 32.0 Å². The highest BCUT2D eigenvalue weighted by atomic mass is 16.2. The van der Waals surface area contributed by atoms with Gasteiger partial charge in [0.25, 0.3) is 5.56 Å². The van der Waals surface area contributed by atoms with Gasteiger partial charge in [0, 0.05) is 55.9 Å². The lowest BCUT2D eigenvalue weighted by Crippen LogP contribution is -2.48. The highest BCUT2D eigenvalue weighted by Gasteiger charge is 2.21. The van der Waals surface area contributed by atoms with Crippen LogP contribution in [0.3, 0.4) is 0 Å². The molecule has 10 heteroatoms. The number of carbonyl (C=O) groups is 1. The van der Waals surface area contributed by atoms with Crippen LogP contribution >= 0.6 is 0 Å². The maximum absolute atomic E-state index is 12.8. The summed E-state index contributed by atoms with van der Waals surface area (Å²) in [6.07, 6.45) is 8.35. The van der Waals surface area contributed by atoms with Gasteiger partial charge in [-0.2, -0.15) is 5.10 Å². The molecule has 0 aliphatic carbocycles. The average molecular weight is 410 g/mol. The van der Waals surface area contributed by atoms with Crippen LogP contribution in [0.2, 0.25) is 0 Å². The van der Waals surface area contributed by atoms with Crippen molar-refractivity contribution in [1.29, 1.82) is 0 Å². The molecule has 10 nitrogen and oxygen atoms in total. The number of rotatable bonds is 5. The fourth-order valence-electron chi connectivity index (χ4n) is 3.60. The summed E-state index contributed by atoms with van der Waals surface area (Å²) >= 11 is 0. The van der Waals surface area contributed by atoms with E-state index in [0.29, 0.717) is 22.8 Å². The number of H-pyrrole nitrogens is 1. The fraction of sp³-hybridized carbons (Fsp3) is 0.450. The zero-order valence-electron chi connectivity index (χ0n) is 17.4. The Morgan fingerprint density at radius 1 is 1.23 bits per heavy atom. The molecule has 1 aliphatic rings. The lowest BCUT2D eigenvalue weighted by Gasteiger charge is -2.32. The van der Waals surface area contributed by atoms with Gasteiger partial charge >= 0.3 is 0 Å². The largest absolute Gasteiger partial charge is 0.339 e. The van der Waals surface area contributed by atoms with Crippen LogP contribution in [0.5, 0.6) is 0 Å². The lowest BCUT2D eigenvalue weighted by atomic mass is 10.0. The minimum atomic E-state index is -0.194. The molecule has 0 radical (unpaired) electrons. The van der Waals surface area contributed by atoms with E-state index in [1.807, 2.05) is 18.7 Å². The molecule has 0 aromatic carbocycles. The number of likely N-dealkylation sites (N-methyl/N-ethyl adjacent to an activating group) is 1. The Hall–Kier alpha value is -3.27. The van der Waals surface area contributed by atoms with Crippen molar-refractivity contribution in [2.45, 2.75) is 26.3 Å². The van der Waals surface area contributed by atoms with Crippen LogP contribution in [-0.4, -0.2) is 78.2 Å². The van der Waals surface area contributed by atoms with Gasteiger partial charge in [-0.1, -0.05) is 13.8 Å². The van der Waals surface area contributed by atoms with Gasteiger partial charge in [-0.15, -0.1) is 0 Å². The molecule has 1 amide bonds. The Labute approximate surface area is 174 Å². The third-order valence-corrected chi connectivity index (χ3v) is 5.33. The van der Waals surface area contributed by atoms with Crippen LogP contribution in [0.15, 0.2) is 35.9 Å². The van der Waals surface area contributed by atoms with E-state index >= 15 is 0 Å². The van der Waals surface area contributed by atoms with Gasteiger partial charge in [0.2, 0.25) is 11.9 Å². The van der Waals surface area contributed by atoms with Crippen molar-refractivity contribution in [3.63, 3.8) is 0 Å². The van der Waals surface area contributed by atoms with Crippen LogP contribution in [0.1, 0.15) is 25.3 Å². The number of nitrogens with one attached hydrogen (secondary N) is 1. The molecule has 1 saturated heterocycles. The molecule has 0 unspecified atom stereocenters. The zero-order valence-corrected chi connectivity index (χ0v) is 17.4. The number of aromatic nitrogens is 6. The number of nitrogens with zero attached hydrogens (tertiary/aromatic N) is 7. The topological polar surface area (TPSA) is 105 Å². The lowest BCUT2D eigenvalue weighted by molar-refractivity contribution is -0.133. The second-order valence-corrected chi connectivity index (χ2v) is 7.89. The molecule has 4 rings (SSSR count). The van der Waals surface area contributed by atoms with Crippen LogP contribution in [0.4, 0.5) is 0 Å². The molecule has 4 heterocycles. The molecule has 30 heavy (non-hydrogen) atoms. The summed E-state index contributed by atoms with van der Waals surface area (Å²) in [4.78, 5) is 41.0. The van der Waals surface area contributed by atoms with Gasteiger partial charge < -0.3 is 9.80 Å². The Balaban J connectivity index is 1.62. The van der Waals surface area contributed by atoms with E-state index in [9.17, 15) is 9.59 Å². The van der Waals surface area contributed by atoms with Crippen molar-refractivity contribution in [2.75, 3.05) is 33.2 Å². The molecule has 0 bridgehead atoms. The number of carbonyl (C=O) groups excluding carboxylic acids is 1. The highest BCUT2D eigenvalue weighted by molar-refractivity contribution is 5.76. The van der Waals surface area contributed by atoms with Crippen molar-refractivity contribution in [2.24, 2.45) is 0 Å². The Morgan fingerprint density at radius 2 is 2.00 bits per heavy atom. The van der Waals surface area contributed by atoms with Gasteiger partial charge in [-0.05, 0) is 13.0 Å². The maximum atomic E-state index is 12.8. The SMILES string of the molecule is CC(C)c1c(-c2cnn(CC(=O)N3CCN(C)CC3)c2)nc(-n2ccnc2)[nH]c1=O. The van der Waals surface area contributed by atoms with Crippen molar-refractivity contribution >= 4 is 5.91 Å². The summed E-state index contributed by atoms with van der Waals surface area (Å²) in [7, 11) is 2.06. The van der Waals surface area contributed by atoms with Crippen molar-refractivity contribution in [3.05, 3.63) is 47.0 Å². The second-order valence-electron chi connectivity index (χ2n) is 7.89. The Morgan fingerprint density at radius 3 is 2.67 bits per heavy atom. The van der Waals surface area contributed by atoms with E-state index in [1.165, 1.54) is 0 Å². The average Bonchev–Trinajstić information content (AvgIpc) is 3.40. The monoisotopic (exact) mass is 410 g/mol. The minimum Gasteiger partial charge on any atom is -0.339 e. The van der Waals surface area contributed by atoms with Crippen LogP contribution in [-0.2, 0) is 11.3 Å². The van der Waals surface area contributed by atoms with Crippen LogP contribution in [0, 0.1) is 0 Å². The molecule has 3 aromatic heterocycles. The molecule has 1 aliphatic heterocycles. The molecular formula is C20H26N8O2. The van der Waals surface area contributed by atoms with Gasteiger partial charge in [-0.25, -0.2) is 9.97 Å². The van der Waals surface area contributed by atoms with E-state index < -0.39 is 0 Å². The molecule has 0 saturated carbocycles. The summed E-state index contributed by atoms with van der Waals surface area (Å²) in [5.74, 6) is 0.404. The number of imidazole rings is 1. The summed E-state index contributed by atoms with van der Waals surface area (Å²) in [6.45, 7) is 7.28. The third-order valence-electron chi connectivity index (χ3n) is 5.33. The summed E-state index contributed by atoms with van der Waals surface area (Å²) in [5.41, 5.74) is 1.66. The van der Waals surface area contributed by atoms with Crippen molar-refractivity contribution < 1.29 is 4.79 Å². The molecule has 0 atom stereocenters. The van der Waals surface area contributed by atoms with Crippen LogP contribution < -0.4 is 5.56 Å². The van der Waals surface area contributed by atoms with E-state index in [4.69, 9.17) is 0 Å². The van der Waals surface area contributed by atoms with E-state index in [1.54, 1.807) is 40.4 Å². The van der Waals surface area contributed by atoms with E-state index in [0.717, 1.165) is 26.2 Å². The summed E-state index contributed by atoms with van der Waals surface area (Å²) in [6, 6.07) is 0. The first-order valence-electron chi connectivity index (χ1n) is 10.0. The number of hydrogen-bond acceptors (Lipinski definition) is 6. The minimum absolute atomic E-state index is 0.0246. The molecule has 1 N–H and O–H groups in total. The fourth-order valence-corrected chi connectivity index (χ4v) is 3.60. The molecule has 1 fully saturated rings. The van der Waals surface area contributed by atoms with Gasteiger partial charge in [0.05, 0.1) is 11.9 Å². The first-order chi connectivity index (χ1) is 14.4. The number of hydrogen-bond donors (Lipinski definition) is 1. The van der Waals surface area contributed by atoms with Crippen molar-refractivity contribution in [3.8, 4) is 17.2 Å². The normalized spacial score (nSPS) is 15.1. The quantitative estimate of drug-likeness (QED) is 0.664. The standard InChI is InChI=1S/C20H26N8O2/c1-14(2)17-18(23-20(24-19(17)30)27-5-4-21-13-27)15-10-22-28(11-15)12-16(29)26-8-6-25(3)7-9-26/h4-5,10-11,13-14H,6-9,12H2,1-3H3,(H,23,24,30). The maximum Gasteiger partial charge on any atom is 0.256 e. The molecule has 158 valence electrons. The smallest absolute Gasteiger partial charge is 0.256 e. The first-order valence-corrected chi connectivity index (χ1v) is 10.0. The predicted molar refractivity (Wildman–Crippen MR) is 111 cm³/mol. The highest BCUT2D eigenvalue weighted by Crippen LogP contribution is 2.25. The van der Waals surface area contributed by atoms with Gasteiger partial charge in [-0.3, -0.25) is 23.8 Å². The second kappa shape index (κ2) is 8.23. The summed E-state index contributed by atoms with van der Waals surface area (Å²) in [5, 5.41) is 4.35.